The lowest BCUT2D eigenvalue weighted by atomic mass is 10.1. The van der Waals surface area contributed by atoms with Crippen LogP contribution in [0.2, 0.25) is 0 Å². The van der Waals surface area contributed by atoms with E-state index >= 15 is 0 Å². The second-order valence-electron chi connectivity index (χ2n) is 5.63. The predicted octanol–water partition coefficient (Wildman–Crippen LogP) is 2.54. The number of fused-ring (bicyclic) bond motifs is 1. The highest BCUT2D eigenvalue weighted by atomic mass is 16.2. The molecule has 4 nitrogen and oxygen atoms in total. The Balaban J connectivity index is 1.57. The zero-order valence-electron chi connectivity index (χ0n) is 12.8. The molecule has 0 unspecified atom stereocenters. The summed E-state index contributed by atoms with van der Waals surface area (Å²) in [4.78, 5) is 14.3. The number of rotatable bonds is 4. The molecule has 1 amide bonds. The molecule has 0 saturated heterocycles. The summed E-state index contributed by atoms with van der Waals surface area (Å²) in [6.07, 6.45) is 0. The van der Waals surface area contributed by atoms with Crippen LogP contribution < -0.4 is 15.5 Å². The fraction of sp³-hybridized carbons (Fsp3) is 0.278. The minimum atomic E-state index is 0.0530. The van der Waals surface area contributed by atoms with E-state index in [0.717, 1.165) is 30.0 Å². The number of para-hydroxylation sites is 2. The van der Waals surface area contributed by atoms with Crippen molar-refractivity contribution in [3.63, 3.8) is 0 Å². The molecule has 0 atom stereocenters. The largest absolute Gasteiger partial charge is 0.382 e. The van der Waals surface area contributed by atoms with E-state index in [4.69, 9.17) is 0 Å². The molecule has 0 aliphatic carbocycles. The van der Waals surface area contributed by atoms with Crippen LogP contribution in [-0.2, 0) is 11.3 Å². The van der Waals surface area contributed by atoms with E-state index in [0.29, 0.717) is 13.1 Å². The van der Waals surface area contributed by atoms with Gasteiger partial charge in [-0.25, -0.2) is 0 Å². The maximum absolute atomic E-state index is 12.2. The molecular formula is C18H21N3O. The molecule has 0 bridgehead atoms. The van der Waals surface area contributed by atoms with Crippen LogP contribution in [0.15, 0.2) is 48.5 Å². The van der Waals surface area contributed by atoms with Crippen molar-refractivity contribution in [1.29, 1.82) is 0 Å². The molecule has 0 fully saturated rings. The Bertz CT molecular complexity index is 652. The smallest absolute Gasteiger partial charge is 0.239 e. The highest BCUT2D eigenvalue weighted by Crippen LogP contribution is 2.27. The summed E-state index contributed by atoms with van der Waals surface area (Å²) >= 11 is 0. The Kier molecular flexibility index (Phi) is 4.28. The minimum absolute atomic E-state index is 0.0530. The first kappa shape index (κ1) is 14.4. The number of benzene rings is 2. The number of amides is 1. The molecule has 0 spiro atoms. The van der Waals surface area contributed by atoms with Gasteiger partial charge in [-0.15, -0.1) is 0 Å². The van der Waals surface area contributed by atoms with Gasteiger partial charge in [0.05, 0.1) is 17.9 Å². The van der Waals surface area contributed by atoms with Crippen LogP contribution in [-0.4, -0.2) is 25.5 Å². The summed E-state index contributed by atoms with van der Waals surface area (Å²) in [6.45, 7) is 4.73. The highest BCUT2D eigenvalue weighted by molar-refractivity contribution is 5.84. The minimum Gasteiger partial charge on any atom is -0.382 e. The van der Waals surface area contributed by atoms with Crippen molar-refractivity contribution >= 4 is 17.3 Å². The second kappa shape index (κ2) is 6.52. The van der Waals surface area contributed by atoms with Crippen LogP contribution >= 0.6 is 0 Å². The summed E-state index contributed by atoms with van der Waals surface area (Å²) in [5.41, 5.74) is 4.55. The first-order chi connectivity index (χ1) is 10.7. The Hall–Kier alpha value is -2.49. The predicted molar refractivity (Wildman–Crippen MR) is 90.2 cm³/mol. The van der Waals surface area contributed by atoms with Crippen molar-refractivity contribution in [3.8, 4) is 0 Å². The third-order valence-corrected chi connectivity index (χ3v) is 3.89. The van der Waals surface area contributed by atoms with Crippen LogP contribution in [0.5, 0.6) is 0 Å². The van der Waals surface area contributed by atoms with Gasteiger partial charge >= 0.3 is 0 Å². The fourth-order valence-corrected chi connectivity index (χ4v) is 2.64. The van der Waals surface area contributed by atoms with Crippen molar-refractivity contribution in [2.75, 3.05) is 29.9 Å². The van der Waals surface area contributed by atoms with Gasteiger partial charge in [-0.3, -0.25) is 4.79 Å². The third kappa shape index (κ3) is 3.39. The summed E-state index contributed by atoms with van der Waals surface area (Å²) in [5.74, 6) is 0.0530. The number of aryl methyl sites for hydroxylation is 1. The Morgan fingerprint density at radius 2 is 1.95 bits per heavy atom. The van der Waals surface area contributed by atoms with Gasteiger partial charge in [0.15, 0.2) is 0 Å². The van der Waals surface area contributed by atoms with Crippen LogP contribution in [0, 0.1) is 6.92 Å². The normalized spacial score (nSPS) is 13.2. The first-order valence-corrected chi connectivity index (χ1v) is 7.62. The number of hydrogen-bond acceptors (Lipinski definition) is 3. The molecule has 0 saturated carbocycles. The highest BCUT2D eigenvalue weighted by Gasteiger charge is 2.17. The third-order valence-electron chi connectivity index (χ3n) is 3.89. The molecule has 2 N–H and O–H groups in total. The lowest BCUT2D eigenvalue weighted by Gasteiger charge is -2.31. The molecule has 22 heavy (non-hydrogen) atoms. The van der Waals surface area contributed by atoms with E-state index in [-0.39, 0.29) is 5.91 Å². The average molecular weight is 295 g/mol. The van der Waals surface area contributed by atoms with Gasteiger partial charge in [-0.2, -0.15) is 0 Å². The van der Waals surface area contributed by atoms with Crippen molar-refractivity contribution in [3.05, 3.63) is 59.7 Å². The molecule has 2 aromatic carbocycles. The molecule has 1 heterocycles. The lowest BCUT2D eigenvalue weighted by molar-refractivity contribution is -0.119. The summed E-state index contributed by atoms with van der Waals surface area (Å²) < 4.78 is 0. The number of anilines is 2. The zero-order chi connectivity index (χ0) is 15.4. The Labute approximate surface area is 131 Å². The lowest BCUT2D eigenvalue weighted by Crippen LogP contribution is -2.41. The Morgan fingerprint density at radius 1 is 1.18 bits per heavy atom. The maximum Gasteiger partial charge on any atom is 0.239 e. The molecule has 4 heteroatoms. The van der Waals surface area contributed by atoms with Crippen LogP contribution in [0.1, 0.15) is 11.1 Å². The average Bonchev–Trinajstić information content (AvgIpc) is 2.55. The van der Waals surface area contributed by atoms with Gasteiger partial charge in [0.25, 0.3) is 0 Å². The van der Waals surface area contributed by atoms with Gasteiger partial charge < -0.3 is 15.5 Å². The second-order valence-corrected chi connectivity index (χ2v) is 5.63. The molecular weight excluding hydrogens is 274 g/mol. The topological polar surface area (TPSA) is 44.4 Å². The number of hydrogen-bond donors (Lipinski definition) is 2. The maximum atomic E-state index is 12.2. The van der Waals surface area contributed by atoms with Crippen molar-refractivity contribution < 1.29 is 4.79 Å². The number of carbonyl (C=O) groups excluding carboxylic acids is 1. The SMILES string of the molecule is Cc1ccc(CNC(=O)CN2CCNc3ccccc32)cc1. The Morgan fingerprint density at radius 3 is 2.77 bits per heavy atom. The number of nitrogens with one attached hydrogen (secondary N) is 2. The van der Waals surface area contributed by atoms with E-state index in [9.17, 15) is 4.79 Å². The summed E-state index contributed by atoms with van der Waals surface area (Å²) in [5, 5.41) is 6.35. The molecule has 114 valence electrons. The van der Waals surface area contributed by atoms with E-state index < -0.39 is 0 Å². The van der Waals surface area contributed by atoms with Crippen molar-refractivity contribution in [2.45, 2.75) is 13.5 Å². The molecule has 0 radical (unpaired) electrons. The number of carbonyl (C=O) groups is 1. The quantitative estimate of drug-likeness (QED) is 0.911. The van der Waals surface area contributed by atoms with E-state index in [1.54, 1.807) is 0 Å². The monoisotopic (exact) mass is 295 g/mol. The first-order valence-electron chi connectivity index (χ1n) is 7.62. The van der Waals surface area contributed by atoms with Gasteiger partial charge in [-0.05, 0) is 24.6 Å². The van der Waals surface area contributed by atoms with Gasteiger partial charge in [0.2, 0.25) is 5.91 Å². The van der Waals surface area contributed by atoms with E-state index in [2.05, 4.69) is 52.8 Å². The molecule has 2 aromatic rings. The van der Waals surface area contributed by atoms with Gasteiger partial charge in [0, 0.05) is 19.6 Å². The molecule has 3 rings (SSSR count). The van der Waals surface area contributed by atoms with E-state index in [1.165, 1.54) is 5.56 Å². The summed E-state index contributed by atoms with van der Waals surface area (Å²) in [6, 6.07) is 16.3. The van der Waals surface area contributed by atoms with Crippen LogP contribution in [0.4, 0.5) is 11.4 Å². The molecule has 1 aliphatic rings. The number of nitrogens with zero attached hydrogens (tertiary/aromatic N) is 1. The summed E-state index contributed by atoms with van der Waals surface area (Å²) in [7, 11) is 0. The molecule has 0 aromatic heterocycles. The van der Waals surface area contributed by atoms with E-state index in [1.807, 2.05) is 18.2 Å². The van der Waals surface area contributed by atoms with Gasteiger partial charge in [0.1, 0.15) is 0 Å². The van der Waals surface area contributed by atoms with Crippen LogP contribution in [0.25, 0.3) is 0 Å². The van der Waals surface area contributed by atoms with Crippen LogP contribution in [0.3, 0.4) is 0 Å². The van der Waals surface area contributed by atoms with Crippen molar-refractivity contribution in [2.24, 2.45) is 0 Å². The standard InChI is InChI=1S/C18H21N3O/c1-14-6-8-15(9-7-14)12-20-18(22)13-21-11-10-19-16-4-2-3-5-17(16)21/h2-9,19H,10-13H2,1H3,(H,20,22). The van der Waals surface area contributed by atoms with Gasteiger partial charge in [-0.1, -0.05) is 42.0 Å². The van der Waals surface area contributed by atoms with Crippen molar-refractivity contribution in [1.82, 2.24) is 5.32 Å². The fourth-order valence-electron chi connectivity index (χ4n) is 2.64. The molecule has 1 aliphatic heterocycles. The zero-order valence-corrected chi connectivity index (χ0v) is 12.8.